The van der Waals surface area contributed by atoms with E-state index in [4.69, 9.17) is 11.6 Å². The molecular formula is C19H21ClN2O3S. The second-order valence-electron chi connectivity index (χ2n) is 6.41. The van der Waals surface area contributed by atoms with Crippen molar-refractivity contribution in [2.45, 2.75) is 43.2 Å². The summed E-state index contributed by atoms with van der Waals surface area (Å²) < 4.78 is 26.9. The van der Waals surface area contributed by atoms with E-state index in [-0.39, 0.29) is 16.8 Å². The third kappa shape index (κ3) is 5.30. The number of amides is 1. The molecule has 3 rings (SSSR count). The lowest BCUT2D eigenvalue weighted by Crippen LogP contribution is -2.25. The number of rotatable bonds is 8. The Morgan fingerprint density at radius 2 is 1.77 bits per heavy atom. The lowest BCUT2D eigenvalue weighted by Gasteiger charge is -2.08. The Hall–Kier alpha value is -1.89. The van der Waals surface area contributed by atoms with Gasteiger partial charge in [0.05, 0.1) is 4.90 Å². The maximum atomic E-state index is 12.1. The fraction of sp³-hybridized carbons (Fsp3) is 0.316. The smallest absolute Gasteiger partial charge is 0.240 e. The van der Waals surface area contributed by atoms with Gasteiger partial charge in [-0.05, 0) is 48.6 Å². The van der Waals surface area contributed by atoms with Crippen LogP contribution in [0, 0.1) is 0 Å². The van der Waals surface area contributed by atoms with Crippen LogP contribution < -0.4 is 10.0 Å². The molecule has 138 valence electrons. The first kappa shape index (κ1) is 18.9. The molecule has 1 amide bonds. The van der Waals surface area contributed by atoms with Crippen molar-refractivity contribution in [1.82, 2.24) is 10.0 Å². The van der Waals surface area contributed by atoms with Gasteiger partial charge in [-0.3, -0.25) is 4.79 Å². The Bertz CT molecular complexity index is 878. The van der Waals surface area contributed by atoms with Gasteiger partial charge >= 0.3 is 0 Å². The minimum absolute atomic E-state index is 0.0722. The zero-order valence-corrected chi connectivity index (χ0v) is 15.8. The van der Waals surface area contributed by atoms with Crippen LogP contribution in [-0.4, -0.2) is 20.4 Å². The van der Waals surface area contributed by atoms with E-state index < -0.39 is 10.0 Å². The van der Waals surface area contributed by atoms with E-state index in [1.807, 2.05) is 18.2 Å². The molecule has 5 nitrogen and oxygen atoms in total. The van der Waals surface area contributed by atoms with Crippen molar-refractivity contribution in [3.63, 3.8) is 0 Å². The summed E-state index contributed by atoms with van der Waals surface area (Å²) in [6, 6.07) is 14.1. The number of sulfonamides is 1. The predicted molar refractivity (Wildman–Crippen MR) is 101 cm³/mol. The summed E-state index contributed by atoms with van der Waals surface area (Å²) in [5.74, 6) is -0.0722. The minimum Gasteiger partial charge on any atom is -0.352 e. The number of nitrogens with one attached hydrogen (secondary N) is 2. The van der Waals surface area contributed by atoms with Gasteiger partial charge in [-0.1, -0.05) is 41.9 Å². The number of hydrogen-bond donors (Lipinski definition) is 2. The van der Waals surface area contributed by atoms with Gasteiger partial charge in [0.2, 0.25) is 15.9 Å². The monoisotopic (exact) mass is 392 g/mol. The zero-order valence-electron chi connectivity index (χ0n) is 14.2. The molecule has 0 saturated heterocycles. The molecule has 0 spiro atoms. The molecular weight excluding hydrogens is 372 g/mol. The molecule has 0 bridgehead atoms. The van der Waals surface area contributed by atoms with Crippen molar-refractivity contribution in [3.05, 3.63) is 64.7 Å². The Labute approximate surface area is 158 Å². The first-order valence-electron chi connectivity index (χ1n) is 8.55. The molecule has 1 aliphatic carbocycles. The molecule has 0 aromatic heterocycles. The molecule has 0 radical (unpaired) electrons. The molecule has 2 aromatic carbocycles. The third-order valence-corrected chi connectivity index (χ3v) is 6.11. The van der Waals surface area contributed by atoms with Crippen molar-refractivity contribution in [2.24, 2.45) is 0 Å². The average Bonchev–Trinajstić information content (AvgIpc) is 3.43. The van der Waals surface area contributed by atoms with Gasteiger partial charge in [0.1, 0.15) is 0 Å². The SMILES string of the molecule is O=C(CCc1ccc(S(=O)(=O)NC2CC2)cc1)NCc1ccccc1Cl. The van der Waals surface area contributed by atoms with Gasteiger partial charge in [0.15, 0.2) is 0 Å². The van der Waals surface area contributed by atoms with Crippen molar-refractivity contribution in [1.29, 1.82) is 0 Å². The quantitative estimate of drug-likeness (QED) is 0.725. The Morgan fingerprint density at radius 3 is 2.42 bits per heavy atom. The Balaban J connectivity index is 1.48. The van der Waals surface area contributed by atoms with E-state index in [2.05, 4.69) is 10.0 Å². The highest BCUT2D eigenvalue weighted by atomic mass is 35.5. The van der Waals surface area contributed by atoms with Crippen LogP contribution in [0.1, 0.15) is 30.4 Å². The van der Waals surface area contributed by atoms with Crippen molar-refractivity contribution in [2.75, 3.05) is 0 Å². The highest BCUT2D eigenvalue weighted by Gasteiger charge is 2.27. The molecule has 1 aliphatic rings. The van der Waals surface area contributed by atoms with E-state index in [1.165, 1.54) is 0 Å². The molecule has 1 fully saturated rings. The average molecular weight is 393 g/mol. The second-order valence-corrected chi connectivity index (χ2v) is 8.53. The standard InChI is InChI=1S/C19H21ClN2O3S/c20-18-4-2-1-3-15(18)13-21-19(23)12-7-14-5-10-17(11-6-14)26(24,25)22-16-8-9-16/h1-6,10-11,16,22H,7-9,12-13H2,(H,21,23). The molecule has 0 atom stereocenters. The van der Waals surface area contributed by atoms with Gasteiger partial charge in [0.25, 0.3) is 0 Å². The normalized spacial score (nSPS) is 14.2. The number of halogens is 1. The minimum atomic E-state index is -3.43. The Kier molecular flexibility index (Phi) is 5.96. The molecule has 0 unspecified atom stereocenters. The van der Waals surface area contributed by atoms with Crippen LogP contribution in [0.25, 0.3) is 0 Å². The van der Waals surface area contributed by atoms with E-state index in [9.17, 15) is 13.2 Å². The number of aryl methyl sites for hydroxylation is 1. The molecule has 2 N–H and O–H groups in total. The van der Waals surface area contributed by atoms with Gasteiger partial charge in [-0.15, -0.1) is 0 Å². The van der Waals surface area contributed by atoms with Gasteiger partial charge in [-0.2, -0.15) is 0 Å². The second kappa shape index (κ2) is 8.20. The van der Waals surface area contributed by atoms with E-state index in [0.717, 1.165) is 24.0 Å². The van der Waals surface area contributed by atoms with Gasteiger partial charge in [0, 0.05) is 24.0 Å². The summed E-state index contributed by atoms with van der Waals surface area (Å²) in [5, 5.41) is 3.47. The molecule has 2 aromatic rings. The Morgan fingerprint density at radius 1 is 1.08 bits per heavy atom. The van der Waals surface area contributed by atoms with Crippen LogP contribution in [0.15, 0.2) is 53.4 Å². The maximum Gasteiger partial charge on any atom is 0.240 e. The number of hydrogen-bond acceptors (Lipinski definition) is 3. The first-order chi connectivity index (χ1) is 12.4. The lowest BCUT2D eigenvalue weighted by molar-refractivity contribution is -0.121. The predicted octanol–water partition coefficient (Wildman–Crippen LogP) is 3.03. The lowest BCUT2D eigenvalue weighted by atomic mass is 10.1. The molecule has 0 heterocycles. The molecule has 0 aliphatic heterocycles. The topological polar surface area (TPSA) is 75.3 Å². The summed E-state index contributed by atoms with van der Waals surface area (Å²) in [7, 11) is -3.43. The summed E-state index contributed by atoms with van der Waals surface area (Å²) in [6.07, 6.45) is 2.68. The number of carbonyl (C=O) groups excluding carboxylic acids is 1. The summed E-state index contributed by atoms with van der Waals surface area (Å²) >= 11 is 6.06. The van der Waals surface area contributed by atoms with Crippen molar-refractivity contribution >= 4 is 27.5 Å². The van der Waals surface area contributed by atoms with E-state index >= 15 is 0 Å². The van der Waals surface area contributed by atoms with Crippen molar-refractivity contribution < 1.29 is 13.2 Å². The summed E-state index contributed by atoms with van der Waals surface area (Å²) in [5.41, 5.74) is 1.79. The van der Waals surface area contributed by atoms with E-state index in [0.29, 0.717) is 24.4 Å². The van der Waals surface area contributed by atoms with Gasteiger partial charge < -0.3 is 5.32 Å². The number of carbonyl (C=O) groups is 1. The first-order valence-corrected chi connectivity index (χ1v) is 10.4. The summed E-state index contributed by atoms with van der Waals surface area (Å²) in [4.78, 5) is 12.3. The van der Waals surface area contributed by atoms with Crippen LogP contribution >= 0.6 is 11.6 Å². The highest BCUT2D eigenvalue weighted by molar-refractivity contribution is 7.89. The fourth-order valence-corrected chi connectivity index (χ4v) is 4.01. The zero-order chi connectivity index (χ0) is 18.6. The largest absolute Gasteiger partial charge is 0.352 e. The van der Waals surface area contributed by atoms with Crippen LogP contribution in [0.2, 0.25) is 5.02 Å². The molecule has 7 heteroatoms. The van der Waals surface area contributed by atoms with Crippen LogP contribution in [0.4, 0.5) is 0 Å². The number of benzene rings is 2. The third-order valence-electron chi connectivity index (χ3n) is 4.21. The van der Waals surface area contributed by atoms with E-state index in [1.54, 1.807) is 30.3 Å². The van der Waals surface area contributed by atoms with Crippen LogP contribution in [0.3, 0.4) is 0 Å². The fourth-order valence-electron chi connectivity index (χ4n) is 2.51. The highest BCUT2D eigenvalue weighted by Crippen LogP contribution is 2.22. The molecule has 26 heavy (non-hydrogen) atoms. The summed E-state index contributed by atoms with van der Waals surface area (Å²) in [6.45, 7) is 0.391. The van der Waals surface area contributed by atoms with Gasteiger partial charge in [-0.25, -0.2) is 13.1 Å². The maximum absolute atomic E-state index is 12.1. The molecule has 1 saturated carbocycles. The van der Waals surface area contributed by atoms with Crippen molar-refractivity contribution in [3.8, 4) is 0 Å². The van der Waals surface area contributed by atoms with Crippen LogP contribution in [0.5, 0.6) is 0 Å². The van der Waals surface area contributed by atoms with Crippen LogP contribution in [-0.2, 0) is 27.8 Å².